The molecule has 146 valence electrons. The van der Waals surface area contributed by atoms with Crippen molar-refractivity contribution in [3.05, 3.63) is 0 Å². The average Bonchev–Trinajstić information content (AvgIpc) is 3.10. The number of rotatable bonds is 2. The van der Waals surface area contributed by atoms with Gasteiger partial charge in [0.1, 0.15) is 0 Å². The van der Waals surface area contributed by atoms with Crippen LogP contribution in [0.5, 0.6) is 0 Å². The number of piperidine rings is 1. The molecule has 0 bridgehead atoms. The second kappa shape index (κ2) is 6.74. The van der Waals surface area contributed by atoms with Crippen LogP contribution in [0.4, 0.5) is 4.79 Å². The molecule has 0 saturated carbocycles. The molecule has 7 nitrogen and oxygen atoms in total. The Morgan fingerprint density at radius 3 is 2.31 bits per heavy atom. The Balaban J connectivity index is 1.73. The van der Waals surface area contributed by atoms with Crippen LogP contribution >= 0.6 is 0 Å². The first-order valence-corrected chi connectivity index (χ1v) is 9.69. The van der Waals surface area contributed by atoms with Crippen LogP contribution in [-0.2, 0) is 9.59 Å². The van der Waals surface area contributed by atoms with E-state index in [0.29, 0.717) is 38.5 Å². The molecule has 3 heterocycles. The van der Waals surface area contributed by atoms with Crippen molar-refractivity contribution in [3.8, 4) is 0 Å². The van der Waals surface area contributed by atoms with Crippen molar-refractivity contribution in [3.63, 3.8) is 0 Å². The minimum atomic E-state index is -0.211. The van der Waals surface area contributed by atoms with Crippen LogP contribution in [0.2, 0.25) is 0 Å². The van der Waals surface area contributed by atoms with Crippen LogP contribution in [-0.4, -0.2) is 90.3 Å². The van der Waals surface area contributed by atoms with Crippen LogP contribution in [0.1, 0.15) is 33.1 Å². The maximum atomic E-state index is 12.9. The Hall–Kier alpha value is -1.79. The number of fused-ring (bicyclic) bond motifs is 2. The van der Waals surface area contributed by atoms with Crippen LogP contribution < -0.4 is 0 Å². The third kappa shape index (κ3) is 2.95. The number of urea groups is 1. The van der Waals surface area contributed by atoms with Gasteiger partial charge in [-0.3, -0.25) is 9.59 Å². The van der Waals surface area contributed by atoms with Crippen LogP contribution in [0.25, 0.3) is 0 Å². The molecule has 3 aliphatic rings. The van der Waals surface area contributed by atoms with E-state index in [1.807, 2.05) is 21.7 Å². The molecule has 3 rings (SSSR count). The van der Waals surface area contributed by atoms with Crippen molar-refractivity contribution in [1.82, 2.24) is 19.6 Å². The molecule has 3 saturated heterocycles. The van der Waals surface area contributed by atoms with E-state index >= 15 is 0 Å². The van der Waals surface area contributed by atoms with Crippen LogP contribution in [0, 0.1) is 17.8 Å². The highest BCUT2D eigenvalue weighted by Gasteiger charge is 2.61. The summed E-state index contributed by atoms with van der Waals surface area (Å²) in [4.78, 5) is 44.9. The Labute approximate surface area is 156 Å². The summed E-state index contributed by atoms with van der Waals surface area (Å²) in [6.07, 6.45) is 2.20. The van der Waals surface area contributed by atoms with Gasteiger partial charge in [-0.25, -0.2) is 4.79 Å². The highest BCUT2D eigenvalue weighted by Crippen LogP contribution is 2.49. The average molecular weight is 364 g/mol. The van der Waals surface area contributed by atoms with E-state index in [-0.39, 0.29) is 35.2 Å². The molecular weight excluding hydrogens is 332 g/mol. The molecule has 3 fully saturated rings. The van der Waals surface area contributed by atoms with E-state index in [1.54, 1.807) is 19.0 Å². The normalized spacial score (nSPS) is 27.5. The van der Waals surface area contributed by atoms with Gasteiger partial charge >= 0.3 is 6.03 Å². The summed E-state index contributed by atoms with van der Waals surface area (Å²) in [7, 11) is 5.41. The second-order valence-corrected chi connectivity index (χ2v) is 8.77. The van der Waals surface area contributed by atoms with Gasteiger partial charge in [-0.05, 0) is 18.8 Å². The predicted octanol–water partition coefficient (Wildman–Crippen LogP) is 1.10. The zero-order chi connectivity index (χ0) is 19.2. The molecule has 0 aromatic rings. The quantitative estimate of drug-likeness (QED) is 0.737. The summed E-state index contributed by atoms with van der Waals surface area (Å²) in [6.45, 7) is 6.68. The lowest BCUT2D eigenvalue weighted by atomic mass is 9.75. The summed E-state index contributed by atoms with van der Waals surface area (Å²) in [6, 6.07) is -0.0189. The molecule has 4 amide bonds. The number of amides is 4. The smallest absolute Gasteiger partial charge is 0.319 e. The van der Waals surface area contributed by atoms with Crippen molar-refractivity contribution < 1.29 is 14.4 Å². The molecule has 3 aliphatic heterocycles. The molecule has 0 N–H and O–H groups in total. The number of carbonyl (C=O) groups is 3. The summed E-state index contributed by atoms with van der Waals surface area (Å²) in [5, 5.41) is 0. The summed E-state index contributed by atoms with van der Waals surface area (Å²) in [5.74, 6) is 0.812. The van der Waals surface area contributed by atoms with Crippen molar-refractivity contribution in [2.45, 2.75) is 38.6 Å². The van der Waals surface area contributed by atoms with Gasteiger partial charge in [0.15, 0.2) is 0 Å². The highest BCUT2D eigenvalue weighted by molar-refractivity contribution is 5.85. The van der Waals surface area contributed by atoms with Crippen molar-refractivity contribution in [1.29, 1.82) is 0 Å². The van der Waals surface area contributed by atoms with Gasteiger partial charge in [-0.15, -0.1) is 0 Å². The molecule has 0 aromatic carbocycles. The molecule has 0 unspecified atom stereocenters. The lowest BCUT2D eigenvalue weighted by Crippen LogP contribution is -2.57. The molecule has 1 spiro atoms. The first-order valence-electron chi connectivity index (χ1n) is 9.69. The summed E-state index contributed by atoms with van der Waals surface area (Å²) < 4.78 is 0. The molecule has 0 radical (unpaired) electrons. The Morgan fingerprint density at radius 2 is 1.77 bits per heavy atom. The molecule has 7 heteroatoms. The van der Waals surface area contributed by atoms with Crippen molar-refractivity contribution >= 4 is 17.8 Å². The molecule has 0 aliphatic carbocycles. The van der Waals surface area contributed by atoms with Gasteiger partial charge in [0.05, 0.1) is 11.5 Å². The van der Waals surface area contributed by atoms with Crippen LogP contribution in [0.15, 0.2) is 0 Å². The number of carbonyl (C=O) groups excluding carboxylic acids is 3. The fourth-order valence-electron chi connectivity index (χ4n) is 5.08. The monoisotopic (exact) mass is 364 g/mol. The van der Waals surface area contributed by atoms with Gasteiger partial charge in [-0.1, -0.05) is 13.8 Å². The minimum Gasteiger partial charge on any atom is -0.343 e. The first kappa shape index (κ1) is 19.0. The fraction of sp³-hybridized carbons (Fsp3) is 0.842. The highest BCUT2D eigenvalue weighted by atomic mass is 16.2. The van der Waals surface area contributed by atoms with Crippen molar-refractivity contribution in [2.75, 3.05) is 47.3 Å². The van der Waals surface area contributed by atoms with Gasteiger partial charge in [0, 0.05) is 59.7 Å². The lowest BCUT2D eigenvalue weighted by Gasteiger charge is -2.46. The topological polar surface area (TPSA) is 64.2 Å². The van der Waals surface area contributed by atoms with E-state index in [1.165, 1.54) is 0 Å². The summed E-state index contributed by atoms with van der Waals surface area (Å²) in [5.41, 5.74) is -0.211. The van der Waals surface area contributed by atoms with Gasteiger partial charge in [-0.2, -0.15) is 0 Å². The molecular formula is C19H32N4O3. The molecule has 26 heavy (non-hydrogen) atoms. The Morgan fingerprint density at radius 1 is 1.15 bits per heavy atom. The second-order valence-electron chi connectivity index (χ2n) is 8.77. The predicted molar refractivity (Wildman–Crippen MR) is 98.4 cm³/mol. The maximum Gasteiger partial charge on any atom is 0.319 e. The standard InChI is InChI=1S/C19H32N4O3/c1-13(2)10-16(24)22-8-6-19(7-9-22)15-12-23(18(26)20(3)4)11-14(15)17(25)21(19)5/h13-15H,6-12H2,1-5H3/t14-,15+/m1/s1. The third-order valence-corrected chi connectivity index (χ3v) is 6.54. The zero-order valence-electron chi connectivity index (χ0n) is 16.7. The van der Waals surface area contributed by atoms with Gasteiger partial charge in [0.2, 0.25) is 11.8 Å². The SMILES string of the molecule is CC(C)CC(=O)N1CCC2(CC1)[C@H]1CN(C(=O)N(C)C)C[C@H]1C(=O)N2C. The van der Waals surface area contributed by atoms with Crippen LogP contribution in [0.3, 0.4) is 0 Å². The number of hydrogen-bond acceptors (Lipinski definition) is 3. The van der Waals surface area contributed by atoms with E-state index in [4.69, 9.17) is 0 Å². The summed E-state index contributed by atoms with van der Waals surface area (Å²) >= 11 is 0. The molecule has 0 aromatic heterocycles. The molecule has 2 atom stereocenters. The lowest BCUT2D eigenvalue weighted by molar-refractivity contribution is -0.137. The van der Waals surface area contributed by atoms with Gasteiger partial charge < -0.3 is 19.6 Å². The first-order chi connectivity index (χ1) is 12.2. The van der Waals surface area contributed by atoms with E-state index in [9.17, 15) is 14.4 Å². The third-order valence-electron chi connectivity index (χ3n) is 6.54. The fourth-order valence-corrected chi connectivity index (χ4v) is 5.08. The van der Waals surface area contributed by atoms with E-state index < -0.39 is 0 Å². The number of nitrogens with zero attached hydrogens (tertiary/aromatic N) is 4. The Kier molecular flexibility index (Phi) is 4.92. The van der Waals surface area contributed by atoms with Crippen molar-refractivity contribution in [2.24, 2.45) is 17.8 Å². The maximum absolute atomic E-state index is 12.9. The zero-order valence-corrected chi connectivity index (χ0v) is 16.7. The van der Waals surface area contributed by atoms with E-state index in [2.05, 4.69) is 13.8 Å². The Bertz CT molecular complexity index is 596. The minimum absolute atomic E-state index is 0.0189. The van der Waals surface area contributed by atoms with Gasteiger partial charge in [0.25, 0.3) is 0 Å². The largest absolute Gasteiger partial charge is 0.343 e. The number of hydrogen-bond donors (Lipinski definition) is 0. The number of likely N-dealkylation sites (tertiary alicyclic amines) is 3. The van der Waals surface area contributed by atoms with E-state index in [0.717, 1.165) is 12.8 Å².